The number of nitrogens with one attached hydrogen (secondary N) is 1. The number of phenolic OH excluding ortho intramolecular Hbond substituents is 1. The molecule has 0 radical (unpaired) electrons. The van der Waals surface area contributed by atoms with E-state index in [0.29, 0.717) is 24.5 Å². The van der Waals surface area contributed by atoms with Crippen molar-refractivity contribution in [3.05, 3.63) is 59.2 Å². The molecule has 2 aromatic rings. The molecular weight excluding hydrogens is 394 g/mol. The number of ether oxygens (including phenoxy) is 1. The number of aryl methyl sites for hydroxylation is 1. The molecule has 29 heavy (non-hydrogen) atoms. The molecular formula is C20H23N3O5S. The van der Waals surface area contributed by atoms with E-state index in [1.54, 1.807) is 25.1 Å². The number of hydrogen-bond acceptors (Lipinski definition) is 6. The minimum atomic E-state index is -3.70. The Balaban J connectivity index is 1.78. The van der Waals surface area contributed by atoms with Crippen molar-refractivity contribution in [3.63, 3.8) is 0 Å². The summed E-state index contributed by atoms with van der Waals surface area (Å²) in [6.07, 6.45) is 0. The molecule has 2 N–H and O–H groups in total. The van der Waals surface area contributed by atoms with Crippen LogP contribution in [0, 0.1) is 6.92 Å². The van der Waals surface area contributed by atoms with Gasteiger partial charge >= 0.3 is 0 Å². The Morgan fingerprint density at radius 3 is 2.62 bits per heavy atom. The van der Waals surface area contributed by atoms with Gasteiger partial charge in [-0.25, -0.2) is 13.8 Å². The number of sulfonamides is 1. The van der Waals surface area contributed by atoms with Crippen LogP contribution in [0.5, 0.6) is 5.75 Å². The first-order valence-electron chi connectivity index (χ1n) is 9.11. The Bertz CT molecular complexity index is 1040. The molecule has 1 aliphatic rings. The van der Waals surface area contributed by atoms with Crippen molar-refractivity contribution in [2.75, 3.05) is 26.3 Å². The minimum absolute atomic E-state index is 0.0454. The van der Waals surface area contributed by atoms with E-state index in [9.17, 15) is 18.3 Å². The number of rotatable bonds is 5. The lowest BCUT2D eigenvalue weighted by atomic mass is 10.1. The molecule has 0 saturated carbocycles. The van der Waals surface area contributed by atoms with Gasteiger partial charge in [0.15, 0.2) is 0 Å². The second-order valence-electron chi connectivity index (χ2n) is 6.70. The molecule has 154 valence electrons. The van der Waals surface area contributed by atoms with Crippen molar-refractivity contribution in [2.45, 2.75) is 18.7 Å². The highest BCUT2D eigenvalue weighted by molar-refractivity contribution is 7.89. The number of amides is 1. The summed E-state index contributed by atoms with van der Waals surface area (Å²) < 4.78 is 32.1. The molecule has 8 nitrogen and oxygen atoms in total. The highest BCUT2D eigenvalue weighted by Gasteiger charge is 2.26. The lowest BCUT2D eigenvalue weighted by Crippen LogP contribution is -2.40. The molecule has 1 aliphatic heterocycles. The second-order valence-corrected chi connectivity index (χ2v) is 8.64. The quantitative estimate of drug-likeness (QED) is 0.570. The third kappa shape index (κ3) is 4.81. The molecule has 0 aliphatic carbocycles. The number of aromatic hydroxyl groups is 1. The van der Waals surface area contributed by atoms with E-state index < -0.39 is 15.9 Å². The summed E-state index contributed by atoms with van der Waals surface area (Å²) in [5.74, 6) is -0.486. The van der Waals surface area contributed by atoms with Crippen molar-refractivity contribution in [3.8, 4) is 5.75 Å². The van der Waals surface area contributed by atoms with Crippen LogP contribution in [-0.4, -0.2) is 55.8 Å². The molecule has 9 heteroatoms. The fourth-order valence-electron chi connectivity index (χ4n) is 2.93. The van der Waals surface area contributed by atoms with Gasteiger partial charge in [0.1, 0.15) is 5.75 Å². The Kier molecular flexibility index (Phi) is 6.31. The lowest BCUT2D eigenvalue weighted by Gasteiger charge is -2.26. The number of nitrogens with zero attached hydrogens (tertiary/aromatic N) is 2. The van der Waals surface area contributed by atoms with E-state index in [2.05, 4.69) is 10.5 Å². The number of benzene rings is 2. The van der Waals surface area contributed by atoms with Crippen LogP contribution in [0.2, 0.25) is 0 Å². The topological polar surface area (TPSA) is 108 Å². The number of carbonyl (C=O) groups is 1. The molecule has 0 aromatic heterocycles. The van der Waals surface area contributed by atoms with Gasteiger partial charge in [0.05, 0.1) is 23.8 Å². The number of hydrazone groups is 1. The lowest BCUT2D eigenvalue weighted by molar-refractivity contribution is 0.0730. The van der Waals surface area contributed by atoms with Gasteiger partial charge in [-0.3, -0.25) is 4.79 Å². The van der Waals surface area contributed by atoms with Crippen LogP contribution in [0.3, 0.4) is 0 Å². The smallest absolute Gasteiger partial charge is 0.271 e. The maximum Gasteiger partial charge on any atom is 0.271 e. The van der Waals surface area contributed by atoms with Gasteiger partial charge in [0, 0.05) is 24.2 Å². The van der Waals surface area contributed by atoms with Crippen molar-refractivity contribution in [2.24, 2.45) is 5.10 Å². The van der Waals surface area contributed by atoms with Gasteiger partial charge in [0.25, 0.3) is 5.91 Å². The molecule has 1 fully saturated rings. The van der Waals surface area contributed by atoms with Crippen molar-refractivity contribution in [1.29, 1.82) is 0 Å². The van der Waals surface area contributed by atoms with E-state index in [4.69, 9.17) is 4.74 Å². The highest BCUT2D eigenvalue weighted by Crippen LogP contribution is 2.20. The predicted octanol–water partition coefficient (Wildman–Crippen LogP) is 1.88. The zero-order chi connectivity index (χ0) is 21.0. The molecule has 1 heterocycles. The van der Waals surface area contributed by atoms with Gasteiger partial charge in [-0.05, 0) is 44.2 Å². The Morgan fingerprint density at radius 2 is 1.90 bits per heavy atom. The normalized spacial score (nSPS) is 15.9. The minimum Gasteiger partial charge on any atom is -0.507 e. The first-order chi connectivity index (χ1) is 13.8. The number of morpholine rings is 1. The Hall–Kier alpha value is -2.75. The van der Waals surface area contributed by atoms with Crippen LogP contribution < -0.4 is 5.43 Å². The third-order valence-electron chi connectivity index (χ3n) is 4.57. The van der Waals surface area contributed by atoms with E-state index >= 15 is 0 Å². The van der Waals surface area contributed by atoms with E-state index in [0.717, 1.165) is 5.56 Å². The average Bonchev–Trinajstić information content (AvgIpc) is 2.74. The van der Waals surface area contributed by atoms with E-state index in [1.807, 2.05) is 6.92 Å². The molecule has 3 rings (SSSR count). The number of hydrogen-bond donors (Lipinski definition) is 2. The van der Waals surface area contributed by atoms with Crippen molar-refractivity contribution < 1.29 is 23.1 Å². The standard InChI is InChI=1S/C20H23N3O5S/c1-14-6-7-19(24)18(12-14)15(2)21-22-20(25)16-4-3-5-17(13-16)29(26,27)23-8-10-28-11-9-23/h3-7,12-13,24H,8-11H2,1-2H3,(H,22,25)/b21-15+. The summed E-state index contributed by atoms with van der Waals surface area (Å²) in [5, 5.41) is 14.0. The van der Waals surface area contributed by atoms with E-state index in [-0.39, 0.29) is 29.3 Å². The summed E-state index contributed by atoms with van der Waals surface area (Å²) in [6, 6.07) is 10.9. The van der Waals surface area contributed by atoms with Crippen LogP contribution in [0.15, 0.2) is 52.5 Å². The van der Waals surface area contributed by atoms with Crippen molar-refractivity contribution in [1.82, 2.24) is 9.73 Å². The third-order valence-corrected chi connectivity index (χ3v) is 6.47. The molecule has 1 amide bonds. The first-order valence-corrected chi connectivity index (χ1v) is 10.6. The van der Waals surface area contributed by atoms with Gasteiger partial charge in [-0.1, -0.05) is 17.7 Å². The van der Waals surface area contributed by atoms with Crippen LogP contribution in [0.1, 0.15) is 28.4 Å². The van der Waals surface area contributed by atoms with Gasteiger partial charge in [-0.2, -0.15) is 9.41 Å². The van der Waals surface area contributed by atoms with Crippen molar-refractivity contribution >= 4 is 21.6 Å². The Labute approximate surface area is 169 Å². The first kappa shape index (κ1) is 21.0. The summed E-state index contributed by atoms with van der Waals surface area (Å²) >= 11 is 0. The second kappa shape index (κ2) is 8.73. The SMILES string of the molecule is C/C(=N\NC(=O)c1cccc(S(=O)(=O)N2CCOCC2)c1)c1cc(C)ccc1O. The van der Waals surface area contributed by atoms with E-state index in [1.165, 1.54) is 28.6 Å². The number of carbonyl (C=O) groups excluding carboxylic acids is 1. The molecule has 0 atom stereocenters. The van der Waals surface area contributed by atoms with Crippen LogP contribution >= 0.6 is 0 Å². The maximum absolute atomic E-state index is 12.8. The summed E-state index contributed by atoms with van der Waals surface area (Å²) in [6.45, 7) is 4.80. The average molecular weight is 417 g/mol. The largest absolute Gasteiger partial charge is 0.507 e. The summed E-state index contributed by atoms with van der Waals surface area (Å²) in [5.41, 5.74) is 4.46. The molecule has 0 bridgehead atoms. The highest BCUT2D eigenvalue weighted by atomic mass is 32.2. The van der Waals surface area contributed by atoms with Gasteiger partial charge in [-0.15, -0.1) is 0 Å². The van der Waals surface area contributed by atoms with Gasteiger partial charge in [0.2, 0.25) is 10.0 Å². The number of phenols is 1. The predicted molar refractivity (Wildman–Crippen MR) is 109 cm³/mol. The molecule has 0 unspecified atom stereocenters. The zero-order valence-electron chi connectivity index (χ0n) is 16.3. The van der Waals surface area contributed by atoms with Crippen LogP contribution in [-0.2, 0) is 14.8 Å². The van der Waals surface area contributed by atoms with Gasteiger partial charge < -0.3 is 9.84 Å². The molecule has 0 spiro atoms. The summed E-state index contributed by atoms with van der Waals surface area (Å²) in [7, 11) is -3.70. The molecule has 1 saturated heterocycles. The van der Waals surface area contributed by atoms with Crippen LogP contribution in [0.4, 0.5) is 0 Å². The Morgan fingerprint density at radius 1 is 1.17 bits per heavy atom. The fraction of sp³-hybridized carbons (Fsp3) is 0.300. The van der Waals surface area contributed by atoms with Crippen LogP contribution in [0.25, 0.3) is 0 Å². The summed E-state index contributed by atoms with van der Waals surface area (Å²) in [4.78, 5) is 12.5. The maximum atomic E-state index is 12.8. The fourth-order valence-corrected chi connectivity index (χ4v) is 4.39. The molecule has 2 aromatic carbocycles. The monoisotopic (exact) mass is 417 g/mol. The zero-order valence-corrected chi connectivity index (χ0v) is 17.1.